The molecule has 0 aliphatic heterocycles. The van der Waals surface area contributed by atoms with Crippen molar-refractivity contribution in [3.8, 4) is 0 Å². The van der Waals surface area contributed by atoms with Crippen LogP contribution in [-0.2, 0) is 6.42 Å². The number of hydrogen-bond acceptors (Lipinski definition) is 1. The molecule has 0 saturated heterocycles. The summed E-state index contributed by atoms with van der Waals surface area (Å²) in [4.78, 5) is 0. The minimum atomic E-state index is 0.680. The summed E-state index contributed by atoms with van der Waals surface area (Å²) in [6.07, 6.45) is 3.50. The lowest BCUT2D eigenvalue weighted by Crippen LogP contribution is -2.18. The molecule has 0 radical (unpaired) electrons. The lowest BCUT2D eigenvalue weighted by atomic mass is 9.97. The summed E-state index contributed by atoms with van der Waals surface area (Å²) in [5.41, 5.74) is 2.51. The zero-order valence-corrected chi connectivity index (χ0v) is 12.0. The standard InChI is InChI=1S/C15H24ClN/c1-4-8-17-9-7-13(3)10-14-6-5-12(2)11-15(14)16/h5-6,11,13,17H,4,7-10H2,1-3H3. The number of nitrogens with one attached hydrogen (secondary N) is 1. The van der Waals surface area contributed by atoms with Crippen molar-refractivity contribution in [1.82, 2.24) is 5.32 Å². The Labute approximate surface area is 111 Å². The Kier molecular flexibility index (Phi) is 6.61. The molecule has 0 amide bonds. The third-order valence-electron chi connectivity index (χ3n) is 3.02. The van der Waals surface area contributed by atoms with Crippen LogP contribution in [-0.4, -0.2) is 13.1 Å². The number of hydrogen-bond donors (Lipinski definition) is 1. The van der Waals surface area contributed by atoms with Crippen molar-refractivity contribution in [3.05, 3.63) is 34.3 Å². The first-order valence-electron chi connectivity index (χ1n) is 6.59. The molecule has 0 spiro atoms. The van der Waals surface area contributed by atoms with E-state index >= 15 is 0 Å². The normalized spacial score (nSPS) is 12.7. The van der Waals surface area contributed by atoms with Crippen LogP contribution in [0.5, 0.6) is 0 Å². The van der Waals surface area contributed by atoms with Gasteiger partial charge in [0.1, 0.15) is 0 Å². The first kappa shape index (κ1) is 14.5. The summed E-state index contributed by atoms with van der Waals surface area (Å²) in [5.74, 6) is 0.680. The van der Waals surface area contributed by atoms with Crippen LogP contribution >= 0.6 is 11.6 Å². The van der Waals surface area contributed by atoms with E-state index in [0.29, 0.717) is 5.92 Å². The maximum atomic E-state index is 6.24. The second-order valence-electron chi connectivity index (χ2n) is 4.94. The van der Waals surface area contributed by atoms with Gasteiger partial charge in [-0.15, -0.1) is 0 Å². The maximum Gasteiger partial charge on any atom is 0.0440 e. The van der Waals surface area contributed by atoms with Gasteiger partial charge in [-0.05, 0) is 62.4 Å². The molecular weight excluding hydrogens is 230 g/mol. The lowest BCUT2D eigenvalue weighted by molar-refractivity contribution is 0.498. The third-order valence-corrected chi connectivity index (χ3v) is 3.37. The second-order valence-corrected chi connectivity index (χ2v) is 5.35. The van der Waals surface area contributed by atoms with Gasteiger partial charge in [0, 0.05) is 5.02 Å². The molecule has 1 unspecified atom stereocenters. The lowest BCUT2D eigenvalue weighted by Gasteiger charge is -2.13. The van der Waals surface area contributed by atoms with Crippen LogP contribution in [0.4, 0.5) is 0 Å². The van der Waals surface area contributed by atoms with Crippen LogP contribution in [0.25, 0.3) is 0 Å². The average molecular weight is 254 g/mol. The Morgan fingerprint density at radius 1 is 1.29 bits per heavy atom. The summed E-state index contributed by atoms with van der Waals surface area (Å²) in [7, 11) is 0. The van der Waals surface area contributed by atoms with Crippen LogP contribution in [0, 0.1) is 12.8 Å². The van der Waals surface area contributed by atoms with E-state index in [1.807, 2.05) is 0 Å². The maximum absolute atomic E-state index is 6.24. The molecule has 17 heavy (non-hydrogen) atoms. The number of rotatable bonds is 7. The Morgan fingerprint density at radius 2 is 2.06 bits per heavy atom. The minimum absolute atomic E-state index is 0.680. The van der Waals surface area contributed by atoms with E-state index < -0.39 is 0 Å². The molecular formula is C15H24ClN. The van der Waals surface area contributed by atoms with Crippen molar-refractivity contribution in [2.75, 3.05) is 13.1 Å². The van der Waals surface area contributed by atoms with E-state index in [-0.39, 0.29) is 0 Å². The van der Waals surface area contributed by atoms with E-state index in [2.05, 4.69) is 44.3 Å². The summed E-state index contributed by atoms with van der Waals surface area (Å²) in [6, 6.07) is 6.36. The fourth-order valence-corrected chi connectivity index (χ4v) is 2.26. The summed E-state index contributed by atoms with van der Waals surface area (Å²) in [6.45, 7) is 8.80. The van der Waals surface area contributed by atoms with Gasteiger partial charge in [0.15, 0.2) is 0 Å². The van der Waals surface area contributed by atoms with Gasteiger partial charge in [-0.3, -0.25) is 0 Å². The molecule has 0 fully saturated rings. The summed E-state index contributed by atoms with van der Waals surface area (Å²) >= 11 is 6.24. The molecule has 0 bridgehead atoms. The molecule has 1 rings (SSSR count). The minimum Gasteiger partial charge on any atom is -0.317 e. The van der Waals surface area contributed by atoms with Gasteiger partial charge < -0.3 is 5.32 Å². The third kappa shape index (κ3) is 5.56. The average Bonchev–Trinajstić information content (AvgIpc) is 2.28. The van der Waals surface area contributed by atoms with Crippen molar-refractivity contribution < 1.29 is 0 Å². The Balaban J connectivity index is 2.37. The first-order valence-corrected chi connectivity index (χ1v) is 6.97. The molecule has 0 saturated carbocycles. The van der Waals surface area contributed by atoms with Crippen molar-refractivity contribution in [1.29, 1.82) is 0 Å². The zero-order chi connectivity index (χ0) is 12.7. The smallest absolute Gasteiger partial charge is 0.0440 e. The Hall–Kier alpha value is -0.530. The second kappa shape index (κ2) is 7.73. The van der Waals surface area contributed by atoms with Gasteiger partial charge in [-0.1, -0.05) is 37.6 Å². The van der Waals surface area contributed by atoms with E-state index in [4.69, 9.17) is 11.6 Å². The highest BCUT2D eigenvalue weighted by molar-refractivity contribution is 6.31. The predicted octanol–water partition coefficient (Wildman–Crippen LogP) is 4.22. The largest absolute Gasteiger partial charge is 0.317 e. The topological polar surface area (TPSA) is 12.0 Å². The fraction of sp³-hybridized carbons (Fsp3) is 0.600. The first-order chi connectivity index (χ1) is 8.13. The molecule has 2 heteroatoms. The van der Waals surface area contributed by atoms with Crippen LogP contribution in [0.2, 0.25) is 5.02 Å². The van der Waals surface area contributed by atoms with Crippen molar-refractivity contribution in [3.63, 3.8) is 0 Å². The molecule has 1 N–H and O–H groups in total. The SMILES string of the molecule is CCCNCCC(C)Cc1ccc(C)cc1Cl. The molecule has 1 aromatic carbocycles. The van der Waals surface area contributed by atoms with Crippen LogP contribution < -0.4 is 5.32 Å². The molecule has 96 valence electrons. The highest BCUT2D eigenvalue weighted by Gasteiger charge is 2.06. The van der Waals surface area contributed by atoms with E-state index in [0.717, 1.165) is 24.5 Å². The van der Waals surface area contributed by atoms with E-state index in [9.17, 15) is 0 Å². The summed E-state index contributed by atoms with van der Waals surface area (Å²) in [5, 5.41) is 4.36. The Morgan fingerprint density at radius 3 is 2.71 bits per heavy atom. The van der Waals surface area contributed by atoms with Crippen LogP contribution in [0.15, 0.2) is 18.2 Å². The van der Waals surface area contributed by atoms with Crippen molar-refractivity contribution >= 4 is 11.6 Å². The van der Waals surface area contributed by atoms with Crippen molar-refractivity contribution in [2.24, 2.45) is 5.92 Å². The van der Waals surface area contributed by atoms with Gasteiger partial charge in [-0.25, -0.2) is 0 Å². The van der Waals surface area contributed by atoms with E-state index in [1.165, 1.54) is 24.0 Å². The van der Waals surface area contributed by atoms with Gasteiger partial charge in [0.25, 0.3) is 0 Å². The molecule has 1 aromatic rings. The van der Waals surface area contributed by atoms with Gasteiger partial charge >= 0.3 is 0 Å². The van der Waals surface area contributed by atoms with E-state index in [1.54, 1.807) is 0 Å². The zero-order valence-electron chi connectivity index (χ0n) is 11.2. The predicted molar refractivity (Wildman–Crippen MR) is 76.8 cm³/mol. The Bertz CT molecular complexity index is 336. The van der Waals surface area contributed by atoms with Gasteiger partial charge in [-0.2, -0.15) is 0 Å². The molecule has 0 aliphatic carbocycles. The van der Waals surface area contributed by atoms with Gasteiger partial charge in [0.2, 0.25) is 0 Å². The highest BCUT2D eigenvalue weighted by atomic mass is 35.5. The molecule has 0 aliphatic rings. The fourth-order valence-electron chi connectivity index (χ4n) is 1.95. The van der Waals surface area contributed by atoms with Crippen molar-refractivity contribution in [2.45, 2.75) is 40.0 Å². The highest BCUT2D eigenvalue weighted by Crippen LogP contribution is 2.21. The molecule has 0 aromatic heterocycles. The van der Waals surface area contributed by atoms with Crippen LogP contribution in [0.3, 0.4) is 0 Å². The van der Waals surface area contributed by atoms with Gasteiger partial charge in [0.05, 0.1) is 0 Å². The molecule has 1 nitrogen and oxygen atoms in total. The number of benzene rings is 1. The molecule has 0 heterocycles. The molecule has 1 atom stereocenters. The number of halogens is 1. The van der Waals surface area contributed by atoms with Crippen LogP contribution in [0.1, 0.15) is 37.8 Å². The summed E-state index contributed by atoms with van der Waals surface area (Å²) < 4.78 is 0. The quantitative estimate of drug-likeness (QED) is 0.718. The monoisotopic (exact) mass is 253 g/mol. The number of aryl methyl sites for hydroxylation is 1.